The lowest BCUT2D eigenvalue weighted by molar-refractivity contribution is -0.274. The molecule has 3 aromatic rings. The maximum Gasteiger partial charge on any atom is 0.573 e. The molecule has 4 rings (SSSR count). The number of alkyl halides is 3. The van der Waals surface area contributed by atoms with E-state index in [4.69, 9.17) is 0 Å². The van der Waals surface area contributed by atoms with Gasteiger partial charge in [0.2, 0.25) is 0 Å². The number of carbonyl (C=O) groups is 1. The number of aromatic nitrogens is 3. The summed E-state index contributed by atoms with van der Waals surface area (Å²) >= 11 is 0. The Morgan fingerprint density at radius 3 is 2.64 bits per heavy atom. The highest BCUT2D eigenvalue weighted by atomic mass is 19.4. The highest BCUT2D eigenvalue weighted by molar-refractivity contribution is 5.94. The van der Waals surface area contributed by atoms with Crippen molar-refractivity contribution in [2.45, 2.75) is 18.7 Å². The molecule has 1 aromatic carbocycles. The Kier molecular flexibility index (Phi) is 4.44. The van der Waals surface area contributed by atoms with Gasteiger partial charge in [0.1, 0.15) is 17.1 Å². The second-order valence-electron chi connectivity index (χ2n) is 6.68. The lowest BCUT2D eigenvalue weighted by Gasteiger charge is -2.17. The van der Waals surface area contributed by atoms with E-state index in [1.165, 1.54) is 12.1 Å². The van der Waals surface area contributed by atoms with Gasteiger partial charge in [-0.05, 0) is 42.8 Å². The summed E-state index contributed by atoms with van der Waals surface area (Å²) in [5.74, 6) is 0.377. The molecule has 6 nitrogen and oxygen atoms in total. The average Bonchev–Trinajstić information content (AvgIpc) is 3.26. The predicted molar refractivity (Wildman–Crippen MR) is 94.9 cm³/mol. The lowest BCUT2D eigenvalue weighted by Crippen LogP contribution is -2.28. The number of ether oxygens (including phenoxy) is 1. The van der Waals surface area contributed by atoms with E-state index in [2.05, 4.69) is 14.7 Å². The molecular weight excluding hydrogens is 373 g/mol. The first-order valence-electron chi connectivity index (χ1n) is 8.74. The van der Waals surface area contributed by atoms with Gasteiger partial charge in [-0.1, -0.05) is 0 Å². The number of fused-ring (bicyclic) bond motifs is 1. The number of aryl methyl sites for hydroxylation is 1. The van der Waals surface area contributed by atoms with Gasteiger partial charge >= 0.3 is 6.36 Å². The summed E-state index contributed by atoms with van der Waals surface area (Å²) < 4.78 is 42.5. The van der Waals surface area contributed by atoms with Gasteiger partial charge in [-0.25, -0.2) is 9.97 Å². The second-order valence-corrected chi connectivity index (χ2v) is 6.68. The molecule has 1 aliphatic heterocycles. The van der Waals surface area contributed by atoms with Crippen LogP contribution in [0.15, 0.2) is 42.6 Å². The Labute approximate surface area is 158 Å². The molecule has 9 heteroatoms. The number of pyridine rings is 1. The molecule has 0 spiro atoms. The molecule has 1 saturated heterocycles. The van der Waals surface area contributed by atoms with Crippen molar-refractivity contribution in [3.05, 3.63) is 54.0 Å². The molecule has 1 atom stereocenters. The number of hydrogen-bond acceptors (Lipinski definition) is 4. The van der Waals surface area contributed by atoms with Gasteiger partial charge in [-0.15, -0.1) is 13.2 Å². The Balaban J connectivity index is 1.47. The van der Waals surface area contributed by atoms with E-state index in [-0.39, 0.29) is 17.6 Å². The fourth-order valence-electron chi connectivity index (χ4n) is 3.54. The second kappa shape index (κ2) is 6.81. The van der Waals surface area contributed by atoms with E-state index in [9.17, 15) is 18.0 Å². The van der Waals surface area contributed by atoms with Crippen LogP contribution < -0.4 is 4.74 Å². The minimum Gasteiger partial charge on any atom is -0.406 e. The fraction of sp³-hybridized carbons (Fsp3) is 0.316. The zero-order valence-corrected chi connectivity index (χ0v) is 15.0. The van der Waals surface area contributed by atoms with Crippen molar-refractivity contribution < 1.29 is 22.7 Å². The van der Waals surface area contributed by atoms with E-state index in [1.54, 1.807) is 11.1 Å². The highest BCUT2D eigenvalue weighted by Crippen LogP contribution is 2.30. The maximum absolute atomic E-state index is 12.7. The maximum atomic E-state index is 12.7. The minimum absolute atomic E-state index is 0.0796. The van der Waals surface area contributed by atoms with E-state index in [0.717, 1.165) is 35.5 Å². The van der Waals surface area contributed by atoms with Gasteiger partial charge in [-0.3, -0.25) is 4.79 Å². The van der Waals surface area contributed by atoms with Crippen LogP contribution in [0.3, 0.4) is 0 Å². The van der Waals surface area contributed by atoms with Crippen LogP contribution in [0.2, 0.25) is 0 Å². The number of rotatable bonds is 3. The third-order valence-electron chi connectivity index (χ3n) is 4.84. The zero-order valence-electron chi connectivity index (χ0n) is 15.0. The topological polar surface area (TPSA) is 60.2 Å². The Morgan fingerprint density at radius 2 is 1.96 bits per heavy atom. The van der Waals surface area contributed by atoms with E-state index in [0.29, 0.717) is 18.7 Å². The molecule has 0 aliphatic carbocycles. The van der Waals surface area contributed by atoms with E-state index in [1.807, 2.05) is 23.7 Å². The Hall–Kier alpha value is -3.10. The van der Waals surface area contributed by atoms with Crippen molar-refractivity contribution >= 4 is 17.1 Å². The number of halogens is 3. The van der Waals surface area contributed by atoms with Crippen LogP contribution in [-0.2, 0) is 7.05 Å². The first-order valence-corrected chi connectivity index (χ1v) is 8.74. The average molecular weight is 390 g/mol. The zero-order chi connectivity index (χ0) is 19.9. The van der Waals surface area contributed by atoms with Crippen LogP contribution in [0.1, 0.15) is 28.5 Å². The molecule has 3 heterocycles. The molecule has 146 valence electrons. The fourth-order valence-corrected chi connectivity index (χ4v) is 3.54. The van der Waals surface area contributed by atoms with Crippen molar-refractivity contribution in [3.63, 3.8) is 0 Å². The van der Waals surface area contributed by atoms with Gasteiger partial charge in [0, 0.05) is 37.8 Å². The highest BCUT2D eigenvalue weighted by Gasteiger charge is 2.32. The normalized spacial score (nSPS) is 17.3. The molecular formula is C19H17F3N4O2. The molecule has 0 bridgehead atoms. The molecule has 1 amide bonds. The lowest BCUT2D eigenvalue weighted by atomic mass is 10.1. The summed E-state index contributed by atoms with van der Waals surface area (Å²) in [5, 5.41) is 0. The molecule has 0 unspecified atom stereocenters. The van der Waals surface area contributed by atoms with Crippen LogP contribution in [0, 0.1) is 0 Å². The Morgan fingerprint density at radius 1 is 1.21 bits per heavy atom. The third-order valence-corrected chi connectivity index (χ3v) is 4.84. The smallest absolute Gasteiger partial charge is 0.406 e. The predicted octanol–water partition coefficient (Wildman–Crippen LogP) is 3.50. The molecule has 2 aromatic heterocycles. The summed E-state index contributed by atoms with van der Waals surface area (Å²) in [6.07, 6.45) is -2.28. The van der Waals surface area contributed by atoms with Gasteiger partial charge in [0.05, 0.1) is 0 Å². The summed E-state index contributed by atoms with van der Waals surface area (Å²) in [6.45, 7) is 1.05. The molecule has 28 heavy (non-hydrogen) atoms. The number of carbonyl (C=O) groups excluding carboxylic acids is 1. The van der Waals surface area contributed by atoms with Crippen LogP contribution >= 0.6 is 0 Å². The number of hydrogen-bond donors (Lipinski definition) is 0. The van der Waals surface area contributed by atoms with Crippen molar-refractivity contribution in [2.24, 2.45) is 7.05 Å². The number of likely N-dealkylation sites (tertiary alicyclic amines) is 1. The summed E-state index contributed by atoms with van der Waals surface area (Å²) in [7, 11) is 1.90. The number of benzene rings is 1. The van der Waals surface area contributed by atoms with Crippen LogP contribution in [-0.4, -0.2) is 44.8 Å². The van der Waals surface area contributed by atoms with Crippen molar-refractivity contribution in [3.8, 4) is 5.75 Å². The molecule has 0 saturated carbocycles. The number of nitrogens with zero attached hydrogens (tertiary/aromatic N) is 4. The molecule has 0 radical (unpaired) electrons. The molecule has 1 aliphatic rings. The van der Waals surface area contributed by atoms with E-state index < -0.39 is 6.36 Å². The summed E-state index contributed by atoms with van der Waals surface area (Å²) in [4.78, 5) is 23.4. The SMILES string of the molecule is Cn1c([C@H]2CCN(C(=O)c3ccc(OC(F)(F)F)cc3)C2)nc2cccnc21. The van der Waals surface area contributed by atoms with Crippen molar-refractivity contribution in [2.75, 3.05) is 13.1 Å². The molecule has 0 N–H and O–H groups in total. The quantitative estimate of drug-likeness (QED) is 0.687. The number of amides is 1. The number of imidazole rings is 1. The van der Waals surface area contributed by atoms with Crippen LogP contribution in [0.25, 0.3) is 11.2 Å². The van der Waals surface area contributed by atoms with E-state index >= 15 is 0 Å². The van der Waals surface area contributed by atoms with Gasteiger partial charge < -0.3 is 14.2 Å². The summed E-state index contributed by atoms with van der Waals surface area (Å²) in [6, 6.07) is 8.70. The summed E-state index contributed by atoms with van der Waals surface area (Å²) in [5.41, 5.74) is 1.93. The van der Waals surface area contributed by atoms with Crippen molar-refractivity contribution in [1.29, 1.82) is 0 Å². The first kappa shape index (κ1) is 18.3. The van der Waals surface area contributed by atoms with Gasteiger partial charge in [-0.2, -0.15) is 0 Å². The largest absolute Gasteiger partial charge is 0.573 e. The first-order chi connectivity index (χ1) is 13.3. The van der Waals surface area contributed by atoms with Gasteiger partial charge in [0.25, 0.3) is 5.91 Å². The standard InChI is InChI=1S/C19H17F3N4O2/c1-25-16(24-15-3-2-9-23-17(15)25)13-8-10-26(11-13)18(27)12-4-6-14(7-5-12)28-19(20,21)22/h2-7,9,13H,8,10-11H2,1H3/t13-/m0/s1. The van der Waals surface area contributed by atoms with Crippen molar-refractivity contribution in [1.82, 2.24) is 19.4 Å². The van der Waals surface area contributed by atoms with Gasteiger partial charge in [0.15, 0.2) is 5.65 Å². The van der Waals surface area contributed by atoms with Crippen LogP contribution in [0.5, 0.6) is 5.75 Å². The Bertz CT molecular complexity index is 1010. The minimum atomic E-state index is -4.76. The monoisotopic (exact) mass is 390 g/mol. The van der Waals surface area contributed by atoms with Crippen LogP contribution in [0.4, 0.5) is 13.2 Å². The molecule has 1 fully saturated rings. The third kappa shape index (κ3) is 3.51.